The van der Waals surface area contributed by atoms with Crippen molar-refractivity contribution in [3.8, 4) is 0 Å². The molecule has 3 heterocycles. The fourth-order valence-corrected chi connectivity index (χ4v) is 5.79. The number of aromatic nitrogens is 1. The zero-order chi connectivity index (χ0) is 23.6. The molecule has 35 heavy (non-hydrogen) atoms. The summed E-state index contributed by atoms with van der Waals surface area (Å²) < 4.78 is 0. The highest BCUT2D eigenvalue weighted by atomic mass is 16.2. The molecule has 5 nitrogen and oxygen atoms in total. The standard InChI is InChI=1S/C30H32N4O/c35-30(21-23-7-2-1-3-8-23)34-25(14-13-24-9-4-5-11-28(24)34)22-32-17-19-33(20-18-32)29-12-6-10-27-26(29)15-16-31-27/h1-12,15-16,25,31H,13-14,17-22H2. The van der Waals surface area contributed by atoms with Gasteiger partial charge in [0.25, 0.3) is 0 Å². The smallest absolute Gasteiger partial charge is 0.231 e. The van der Waals surface area contributed by atoms with E-state index in [4.69, 9.17) is 0 Å². The van der Waals surface area contributed by atoms with Crippen molar-refractivity contribution in [2.45, 2.75) is 25.3 Å². The lowest BCUT2D eigenvalue weighted by atomic mass is 9.94. The second kappa shape index (κ2) is 9.59. The van der Waals surface area contributed by atoms with Gasteiger partial charge in [0, 0.05) is 67.2 Å². The maximum absolute atomic E-state index is 13.6. The molecule has 4 aromatic rings. The molecule has 3 aromatic carbocycles. The molecule has 1 saturated heterocycles. The maximum Gasteiger partial charge on any atom is 0.231 e. The van der Waals surface area contributed by atoms with Gasteiger partial charge in [0.2, 0.25) is 5.91 Å². The lowest BCUT2D eigenvalue weighted by Crippen LogP contribution is -2.54. The van der Waals surface area contributed by atoms with Crippen molar-refractivity contribution in [3.63, 3.8) is 0 Å². The Kier molecular flexibility index (Phi) is 6.01. The number of amides is 1. The highest BCUT2D eigenvalue weighted by Gasteiger charge is 2.33. The van der Waals surface area contributed by atoms with Crippen LogP contribution in [0.2, 0.25) is 0 Å². The number of carbonyl (C=O) groups excluding carboxylic acids is 1. The van der Waals surface area contributed by atoms with Crippen LogP contribution in [0.5, 0.6) is 0 Å². The van der Waals surface area contributed by atoms with Crippen LogP contribution in [0.15, 0.2) is 85.1 Å². The molecule has 1 amide bonds. The molecular formula is C30H32N4O. The number of hydrogen-bond acceptors (Lipinski definition) is 3. The average Bonchev–Trinajstić information content (AvgIpc) is 3.39. The lowest BCUT2D eigenvalue weighted by Gasteiger charge is -2.42. The number of piperazine rings is 1. The molecule has 2 aliphatic rings. The van der Waals surface area contributed by atoms with E-state index in [0.717, 1.165) is 56.8 Å². The van der Waals surface area contributed by atoms with Gasteiger partial charge < -0.3 is 14.8 Å². The summed E-state index contributed by atoms with van der Waals surface area (Å²) in [5, 5.41) is 1.29. The van der Waals surface area contributed by atoms with Gasteiger partial charge in [0.1, 0.15) is 0 Å². The Hall–Kier alpha value is -3.57. The van der Waals surface area contributed by atoms with E-state index in [9.17, 15) is 4.79 Å². The number of H-pyrrole nitrogens is 1. The number of anilines is 2. The fourth-order valence-electron chi connectivity index (χ4n) is 5.79. The molecule has 1 aromatic heterocycles. The van der Waals surface area contributed by atoms with E-state index >= 15 is 0 Å². The van der Waals surface area contributed by atoms with Crippen LogP contribution in [0.1, 0.15) is 17.5 Å². The van der Waals surface area contributed by atoms with Gasteiger partial charge in [-0.1, -0.05) is 54.6 Å². The van der Waals surface area contributed by atoms with Gasteiger partial charge in [-0.3, -0.25) is 9.69 Å². The summed E-state index contributed by atoms with van der Waals surface area (Å²) in [5.41, 5.74) is 5.97. The van der Waals surface area contributed by atoms with Gasteiger partial charge in [0.05, 0.1) is 6.42 Å². The van der Waals surface area contributed by atoms with Crippen LogP contribution in [-0.2, 0) is 17.6 Å². The summed E-state index contributed by atoms with van der Waals surface area (Å²) in [4.78, 5) is 24.1. The van der Waals surface area contributed by atoms with Crippen LogP contribution >= 0.6 is 0 Å². The van der Waals surface area contributed by atoms with Crippen molar-refractivity contribution >= 4 is 28.2 Å². The van der Waals surface area contributed by atoms with Crippen LogP contribution in [0.3, 0.4) is 0 Å². The van der Waals surface area contributed by atoms with Crippen molar-refractivity contribution in [2.75, 3.05) is 42.5 Å². The van der Waals surface area contributed by atoms with E-state index < -0.39 is 0 Å². The van der Waals surface area contributed by atoms with Crippen molar-refractivity contribution in [3.05, 3.63) is 96.2 Å². The van der Waals surface area contributed by atoms with Gasteiger partial charge in [-0.15, -0.1) is 0 Å². The van der Waals surface area contributed by atoms with E-state index in [1.165, 1.54) is 22.2 Å². The van der Waals surface area contributed by atoms with Crippen molar-refractivity contribution < 1.29 is 4.79 Å². The van der Waals surface area contributed by atoms with Crippen LogP contribution in [0, 0.1) is 0 Å². The number of hydrogen-bond donors (Lipinski definition) is 1. The molecule has 1 fully saturated rings. The Bertz CT molecular complexity index is 1310. The van der Waals surface area contributed by atoms with Gasteiger partial charge in [-0.25, -0.2) is 0 Å². The third-order valence-corrected chi connectivity index (χ3v) is 7.58. The molecule has 0 aliphatic carbocycles. The van der Waals surface area contributed by atoms with Crippen molar-refractivity contribution in [2.24, 2.45) is 0 Å². The number of para-hydroxylation sites is 1. The van der Waals surface area contributed by atoms with Gasteiger partial charge in [-0.05, 0) is 48.2 Å². The molecule has 2 aliphatic heterocycles. The van der Waals surface area contributed by atoms with Crippen LogP contribution < -0.4 is 9.80 Å². The third-order valence-electron chi connectivity index (χ3n) is 7.58. The molecule has 1 atom stereocenters. The zero-order valence-corrected chi connectivity index (χ0v) is 20.1. The third kappa shape index (κ3) is 4.44. The summed E-state index contributed by atoms with van der Waals surface area (Å²) in [7, 11) is 0. The minimum Gasteiger partial charge on any atom is -0.368 e. The molecule has 0 radical (unpaired) electrons. The highest BCUT2D eigenvalue weighted by molar-refractivity contribution is 5.96. The Balaban J connectivity index is 1.17. The summed E-state index contributed by atoms with van der Waals surface area (Å²) in [5.74, 6) is 0.200. The van der Waals surface area contributed by atoms with Gasteiger partial charge >= 0.3 is 0 Å². The molecule has 1 N–H and O–H groups in total. The van der Waals surface area contributed by atoms with E-state index in [2.05, 4.69) is 68.2 Å². The number of aryl methyl sites for hydroxylation is 1. The van der Waals surface area contributed by atoms with Crippen molar-refractivity contribution in [1.29, 1.82) is 0 Å². The number of benzene rings is 3. The van der Waals surface area contributed by atoms with E-state index in [1.807, 2.05) is 36.5 Å². The highest BCUT2D eigenvalue weighted by Crippen LogP contribution is 2.32. The van der Waals surface area contributed by atoms with Gasteiger partial charge in [0.15, 0.2) is 0 Å². The number of carbonyl (C=O) groups is 1. The minimum atomic E-state index is 0.200. The van der Waals surface area contributed by atoms with Crippen molar-refractivity contribution in [1.82, 2.24) is 9.88 Å². The molecule has 0 bridgehead atoms. The van der Waals surface area contributed by atoms with E-state index in [0.29, 0.717) is 6.42 Å². The second-order valence-electron chi connectivity index (χ2n) is 9.75. The largest absolute Gasteiger partial charge is 0.368 e. The monoisotopic (exact) mass is 464 g/mol. The Morgan fingerprint density at radius 3 is 2.46 bits per heavy atom. The summed E-state index contributed by atoms with van der Waals surface area (Å²) in [6.07, 6.45) is 4.51. The predicted octanol–water partition coefficient (Wildman–Crippen LogP) is 4.88. The number of rotatable bonds is 5. The summed E-state index contributed by atoms with van der Waals surface area (Å²) in [6.45, 7) is 4.97. The molecule has 178 valence electrons. The molecule has 0 spiro atoms. The number of nitrogens with one attached hydrogen (secondary N) is 1. The second-order valence-corrected chi connectivity index (χ2v) is 9.75. The first-order chi connectivity index (χ1) is 17.3. The molecule has 0 saturated carbocycles. The maximum atomic E-state index is 13.6. The number of aromatic amines is 1. The van der Waals surface area contributed by atoms with E-state index in [-0.39, 0.29) is 11.9 Å². The average molecular weight is 465 g/mol. The summed E-state index contributed by atoms with van der Waals surface area (Å²) in [6, 6.07) is 27.5. The first-order valence-corrected chi connectivity index (χ1v) is 12.7. The van der Waals surface area contributed by atoms with Crippen LogP contribution in [0.25, 0.3) is 10.9 Å². The molecule has 1 unspecified atom stereocenters. The Labute approximate surface area is 207 Å². The number of nitrogens with zero attached hydrogens (tertiary/aromatic N) is 3. The quantitative estimate of drug-likeness (QED) is 0.458. The first kappa shape index (κ1) is 21.9. The van der Waals surface area contributed by atoms with Crippen LogP contribution in [0.4, 0.5) is 11.4 Å². The zero-order valence-electron chi connectivity index (χ0n) is 20.1. The summed E-state index contributed by atoms with van der Waals surface area (Å²) >= 11 is 0. The Morgan fingerprint density at radius 2 is 1.60 bits per heavy atom. The number of fused-ring (bicyclic) bond motifs is 2. The predicted molar refractivity (Wildman–Crippen MR) is 143 cm³/mol. The van der Waals surface area contributed by atoms with Gasteiger partial charge in [-0.2, -0.15) is 0 Å². The normalized spacial score (nSPS) is 18.6. The lowest BCUT2D eigenvalue weighted by molar-refractivity contribution is -0.118. The van der Waals surface area contributed by atoms with E-state index in [1.54, 1.807) is 0 Å². The molecule has 5 heteroatoms. The molecular weight excluding hydrogens is 432 g/mol. The first-order valence-electron chi connectivity index (χ1n) is 12.7. The fraction of sp³-hybridized carbons (Fsp3) is 0.300. The minimum absolute atomic E-state index is 0.200. The Morgan fingerprint density at radius 1 is 0.829 bits per heavy atom. The van der Waals surface area contributed by atoms with Crippen LogP contribution in [-0.4, -0.2) is 54.6 Å². The molecule has 6 rings (SSSR count). The SMILES string of the molecule is O=C(Cc1ccccc1)N1c2ccccc2CCC1CN1CCN(c2cccc3[nH]ccc23)CC1. The topological polar surface area (TPSA) is 42.6 Å².